The van der Waals surface area contributed by atoms with E-state index in [1.807, 2.05) is 12.3 Å². The lowest BCUT2D eigenvalue weighted by Crippen LogP contribution is -2.28. The molecule has 0 spiro atoms. The first-order valence-corrected chi connectivity index (χ1v) is 10.7. The summed E-state index contributed by atoms with van der Waals surface area (Å²) in [5, 5.41) is 14.3. The van der Waals surface area contributed by atoms with E-state index >= 15 is 0 Å². The number of ether oxygens (including phenoxy) is 1. The number of rotatable bonds is 7. The molecule has 6 heteroatoms. The summed E-state index contributed by atoms with van der Waals surface area (Å²) in [5.74, 6) is 1.52. The fraction of sp³-hybridized carbons (Fsp3) is 0.429. The first kappa shape index (κ1) is 18.2. The van der Waals surface area contributed by atoms with Crippen molar-refractivity contribution in [2.24, 2.45) is 11.8 Å². The maximum absolute atomic E-state index is 12.6. The zero-order chi connectivity index (χ0) is 18.8. The highest BCUT2D eigenvalue weighted by Crippen LogP contribution is 2.40. The molecule has 0 aromatic heterocycles. The number of amidine groups is 1. The van der Waals surface area contributed by atoms with Crippen molar-refractivity contribution in [2.75, 3.05) is 24.7 Å². The van der Waals surface area contributed by atoms with Crippen molar-refractivity contribution in [1.29, 1.82) is 5.41 Å². The third-order valence-electron chi connectivity index (χ3n) is 5.55. The minimum atomic E-state index is -0.0851. The van der Waals surface area contributed by atoms with Crippen LogP contribution < -0.4 is 15.4 Å². The Balaban J connectivity index is 1.42. The molecule has 1 amide bonds. The number of anilines is 1. The van der Waals surface area contributed by atoms with Gasteiger partial charge in [0, 0.05) is 18.0 Å². The van der Waals surface area contributed by atoms with Crippen LogP contribution >= 0.6 is 11.8 Å². The van der Waals surface area contributed by atoms with E-state index in [1.165, 1.54) is 42.2 Å². The van der Waals surface area contributed by atoms with Crippen LogP contribution in [0.1, 0.15) is 36.0 Å². The minimum absolute atomic E-state index is 0.0851. The van der Waals surface area contributed by atoms with Gasteiger partial charge in [0.2, 0.25) is 0 Å². The number of amides is 1. The van der Waals surface area contributed by atoms with Gasteiger partial charge in [-0.2, -0.15) is 0 Å². The lowest BCUT2D eigenvalue weighted by atomic mass is 9.86. The van der Waals surface area contributed by atoms with Crippen LogP contribution in [0.25, 0.3) is 0 Å². The smallest absolute Gasteiger partial charge is 0.251 e. The van der Waals surface area contributed by atoms with E-state index < -0.39 is 0 Å². The van der Waals surface area contributed by atoms with Crippen LogP contribution in [0.4, 0.5) is 5.69 Å². The Hall–Kier alpha value is -2.21. The number of thioether (sulfide) groups is 1. The molecule has 1 unspecified atom stereocenters. The van der Waals surface area contributed by atoms with Crippen molar-refractivity contribution in [1.82, 2.24) is 5.32 Å². The van der Waals surface area contributed by atoms with Gasteiger partial charge in [0.25, 0.3) is 5.91 Å². The van der Waals surface area contributed by atoms with Crippen LogP contribution in [0.2, 0.25) is 0 Å². The lowest BCUT2D eigenvalue weighted by molar-refractivity contribution is 0.0950. The quantitative estimate of drug-likeness (QED) is 0.487. The minimum Gasteiger partial charge on any atom is -0.491 e. The molecule has 0 aliphatic heterocycles. The molecular formula is C21H25N3O2S. The van der Waals surface area contributed by atoms with Crippen LogP contribution in [0.15, 0.2) is 41.5 Å². The zero-order valence-corrected chi connectivity index (χ0v) is 16.3. The molecule has 1 aromatic carbocycles. The van der Waals surface area contributed by atoms with Gasteiger partial charge >= 0.3 is 0 Å². The van der Waals surface area contributed by atoms with E-state index in [0.717, 1.165) is 12.1 Å². The fourth-order valence-corrected chi connectivity index (χ4v) is 3.79. The maximum atomic E-state index is 12.6. The molecule has 0 saturated heterocycles. The summed E-state index contributed by atoms with van der Waals surface area (Å²) in [5.41, 5.74) is 4.14. The summed E-state index contributed by atoms with van der Waals surface area (Å²) in [4.78, 5) is 12.6. The number of carbonyl (C=O) groups is 1. The number of fused-ring (bicyclic) bond motifs is 1. The van der Waals surface area contributed by atoms with Gasteiger partial charge in [-0.3, -0.25) is 10.2 Å². The first-order chi connectivity index (χ1) is 13.1. The molecular weight excluding hydrogens is 358 g/mol. The van der Waals surface area contributed by atoms with Crippen molar-refractivity contribution in [3.8, 4) is 5.75 Å². The maximum Gasteiger partial charge on any atom is 0.251 e. The highest BCUT2D eigenvalue weighted by Gasteiger charge is 2.28. The van der Waals surface area contributed by atoms with Crippen LogP contribution in [0.5, 0.6) is 5.75 Å². The third-order valence-corrected chi connectivity index (χ3v) is 6.06. The number of benzene rings is 1. The van der Waals surface area contributed by atoms with Gasteiger partial charge in [-0.25, -0.2) is 0 Å². The second-order valence-corrected chi connectivity index (χ2v) is 8.25. The van der Waals surface area contributed by atoms with Crippen LogP contribution in [-0.2, 0) is 0 Å². The molecule has 1 aromatic rings. The summed E-state index contributed by atoms with van der Waals surface area (Å²) in [6.45, 7) is 1.31. The molecule has 0 radical (unpaired) electrons. The number of carbonyl (C=O) groups excluding carboxylic acids is 1. The van der Waals surface area contributed by atoms with Crippen molar-refractivity contribution in [3.63, 3.8) is 0 Å². The standard InChI is InChI=1S/C21H25N3O2S/c1-27-21(22)24-18-6-5-15(10-19(18)26-12-13-3-2-4-13)20(25)23-11-17-9-14-7-16(17)8-14/h5-7,9-10,13,17H,2-4,8,11-12H2,1H3,(H2,22,24)(H,23,25). The van der Waals surface area contributed by atoms with Crippen LogP contribution in [0.3, 0.4) is 0 Å². The molecule has 1 atom stereocenters. The number of hydrogen-bond donors (Lipinski definition) is 3. The Morgan fingerprint density at radius 1 is 1.37 bits per heavy atom. The second kappa shape index (κ2) is 7.80. The van der Waals surface area contributed by atoms with Gasteiger partial charge in [0.15, 0.2) is 5.17 Å². The molecule has 4 aliphatic carbocycles. The zero-order valence-electron chi connectivity index (χ0n) is 15.5. The summed E-state index contributed by atoms with van der Waals surface area (Å²) in [6, 6.07) is 5.40. The monoisotopic (exact) mass is 383 g/mol. The second-order valence-electron chi connectivity index (χ2n) is 7.43. The largest absolute Gasteiger partial charge is 0.491 e. The SMILES string of the molecule is CSC(=N)Nc1ccc(C(=O)NCC2C=C3C=C2C3)cc1OCC1CCC1. The number of hydrogen-bond acceptors (Lipinski definition) is 4. The van der Waals surface area contributed by atoms with Gasteiger partial charge in [-0.1, -0.05) is 35.9 Å². The molecule has 27 heavy (non-hydrogen) atoms. The van der Waals surface area contributed by atoms with E-state index in [-0.39, 0.29) is 5.91 Å². The lowest BCUT2D eigenvalue weighted by Gasteiger charge is -2.26. The Labute approximate surface area is 164 Å². The number of allylic oxidation sites excluding steroid dienone is 2. The normalized spacial score (nSPS) is 20.1. The molecule has 2 bridgehead atoms. The molecule has 1 fully saturated rings. The fourth-order valence-electron chi connectivity index (χ4n) is 3.58. The Morgan fingerprint density at radius 2 is 2.19 bits per heavy atom. The number of nitrogens with one attached hydrogen (secondary N) is 3. The highest BCUT2D eigenvalue weighted by molar-refractivity contribution is 8.13. The van der Waals surface area contributed by atoms with E-state index in [4.69, 9.17) is 10.1 Å². The summed E-state index contributed by atoms with van der Waals surface area (Å²) in [7, 11) is 0. The predicted molar refractivity (Wildman–Crippen MR) is 111 cm³/mol. The molecule has 5 rings (SSSR count). The van der Waals surface area contributed by atoms with Gasteiger partial charge in [0.1, 0.15) is 5.75 Å². The predicted octanol–water partition coefficient (Wildman–Crippen LogP) is 4.19. The van der Waals surface area contributed by atoms with Crippen molar-refractivity contribution >= 4 is 28.5 Å². The average molecular weight is 384 g/mol. The summed E-state index contributed by atoms with van der Waals surface area (Å²) in [6.07, 6.45) is 11.1. The van der Waals surface area contributed by atoms with E-state index in [2.05, 4.69) is 22.8 Å². The Kier molecular flexibility index (Phi) is 5.25. The van der Waals surface area contributed by atoms with Crippen LogP contribution in [0, 0.1) is 17.2 Å². The van der Waals surface area contributed by atoms with Crippen LogP contribution in [-0.4, -0.2) is 30.5 Å². The molecule has 4 aliphatic rings. The first-order valence-electron chi connectivity index (χ1n) is 9.48. The van der Waals surface area contributed by atoms with Gasteiger partial charge in [-0.05, 0) is 55.2 Å². The Morgan fingerprint density at radius 3 is 2.81 bits per heavy atom. The topological polar surface area (TPSA) is 74.2 Å². The molecule has 1 saturated carbocycles. The van der Waals surface area contributed by atoms with E-state index in [0.29, 0.717) is 41.5 Å². The van der Waals surface area contributed by atoms with Gasteiger partial charge < -0.3 is 15.4 Å². The van der Waals surface area contributed by atoms with Crippen molar-refractivity contribution in [3.05, 3.63) is 47.1 Å². The van der Waals surface area contributed by atoms with Gasteiger partial charge in [-0.15, -0.1) is 0 Å². The molecule has 142 valence electrons. The molecule has 3 N–H and O–H groups in total. The molecule has 0 heterocycles. The van der Waals surface area contributed by atoms with Crippen molar-refractivity contribution < 1.29 is 9.53 Å². The van der Waals surface area contributed by atoms with Crippen molar-refractivity contribution in [2.45, 2.75) is 25.7 Å². The van der Waals surface area contributed by atoms with Gasteiger partial charge in [0.05, 0.1) is 12.3 Å². The Bertz CT molecular complexity index is 827. The average Bonchev–Trinajstić information content (AvgIpc) is 3.19. The van der Waals surface area contributed by atoms with E-state index in [1.54, 1.807) is 12.1 Å². The molecule has 5 nitrogen and oxygen atoms in total. The van der Waals surface area contributed by atoms with E-state index in [9.17, 15) is 4.79 Å². The summed E-state index contributed by atoms with van der Waals surface area (Å²) >= 11 is 1.33. The summed E-state index contributed by atoms with van der Waals surface area (Å²) < 4.78 is 6.01. The highest BCUT2D eigenvalue weighted by atomic mass is 32.2. The third kappa shape index (κ3) is 4.05.